The van der Waals surface area contributed by atoms with Crippen molar-refractivity contribution in [3.63, 3.8) is 0 Å². The zero-order valence-electron chi connectivity index (χ0n) is 21.9. The Kier molecular flexibility index (Phi) is 5.67. The summed E-state index contributed by atoms with van der Waals surface area (Å²) >= 11 is 1.57. The molecular formula is C29H25N9OS. The van der Waals surface area contributed by atoms with Crippen molar-refractivity contribution in [2.45, 2.75) is 25.8 Å². The molecule has 0 saturated heterocycles. The number of carbonyl (C=O) groups is 1. The van der Waals surface area contributed by atoms with Crippen molar-refractivity contribution in [2.75, 3.05) is 5.73 Å². The maximum Gasteiger partial charge on any atom is 0.272 e. The summed E-state index contributed by atoms with van der Waals surface area (Å²) < 4.78 is 3.66. The Morgan fingerprint density at radius 3 is 2.80 bits per heavy atom. The maximum absolute atomic E-state index is 12.8. The molecule has 0 aliphatic heterocycles. The Morgan fingerprint density at radius 1 is 1.12 bits per heavy atom. The van der Waals surface area contributed by atoms with Crippen molar-refractivity contribution < 1.29 is 4.79 Å². The van der Waals surface area contributed by atoms with Gasteiger partial charge in [0.15, 0.2) is 11.5 Å². The number of benzene rings is 1. The molecule has 1 aliphatic rings. The Balaban J connectivity index is 1.33. The van der Waals surface area contributed by atoms with E-state index >= 15 is 0 Å². The standard InChI is InChI=1S/C29H25N9OS/c1-16-15-40-29(32-16)24-10-9-22-27(34-24)38(26(33-22)20-4-3-12-31-25(20)30)18-6-7-19-17(14-18)5-8-21(19)35-28(39)23-11-13-37(2)36-23/h3-4,6-7,9-15,21H,5,8H2,1-2H3,(H2,30,31)(H,35,39)/t21-/m0/s1. The van der Waals surface area contributed by atoms with Crippen LogP contribution in [-0.4, -0.2) is 40.2 Å². The first-order chi connectivity index (χ1) is 19.4. The number of pyridine rings is 2. The van der Waals surface area contributed by atoms with Gasteiger partial charge in [0, 0.05) is 36.2 Å². The van der Waals surface area contributed by atoms with Crippen molar-refractivity contribution in [3.05, 3.63) is 88.8 Å². The number of aryl methyl sites for hydroxylation is 3. The van der Waals surface area contributed by atoms with E-state index < -0.39 is 0 Å². The summed E-state index contributed by atoms with van der Waals surface area (Å²) in [5.74, 6) is 0.887. The summed E-state index contributed by atoms with van der Waals surface area (Å²) in [4.78, 5) is 31.7. The molecule has 1 amide bonds. The van der Waals surface area contributed by atoms with E-state index in [9.17, 15) is 4.79 Å². The Bertz CT molecular complexity index is 1920. The number of carbonyl (C=O) groups excluding carboxylic acids is 1. The van der Waals surface area contributed by atoms with Gasteiger partial charge in [0.2, 0.25) is 0 Å². The lowest BCUT2D eigenvalue weighted by atomic mass is 10.1. The normalized spacial score (nSPS) is 14.5. The van der Waals surface area contributed by atoms with Gasteiger partial charge in [-0.25, -0.2) is 19.9 Å². The van der Waals surface area contributed by atoms with Crippen LogP contribution < -0.4 is 11.1 Å². The van der Waals surface area contributed by atoms with Crippen LogP contribution in [-0.2, 0) is 13.5 Å². The van der Waals surface area contributed by atoms with E-state index in [-0.39, 0.29) is 11.9 Å². The van der Waals surface area contributed by atoms with Crippen LogP contribution in [0.15, 0.2) is 66.3 Å². The highest BCUT2D eigenvalue weighted by atomic mass is 32.1. The molecule has 11 heteroatoms. The van der Waals surface area contributed by atoms with Gasteiger partial charge >= 0.3 is 0 Å². The first-order valence-corrected chi connectivity index (χ1v) is 13.8. The molecule has 7 rings (SSSR count). The van der Waals surface area contributed by atoms with E-state index in [0.29, 0.717) is 23.0 Å². The molecule has 5 heterocycles. The van der Waals surface area contributed by atoms with Crippen molar-refractivity contribution in [3.8, 4) is 27.8 Å². The summed E-state index contributed by atoms with van der Waals surface area (Å²) in [6.07, 6.45) is 5.09. The van der Waals surface area contributed by atoms with Crippen LogP contribution in [0.3, 0.4) is 0 Å². The minimum atomic E-state index is -0.174. The van der Waals surface area contributed by atoms with Gasteiger partial charge in [0.25, 0.3) is 5.91 Å². The van der Waals surface area contributed by atoms with E-state index in [1.807, 2.05) is 47.2 Å². The van der Waals surface area contributed by atoms with Crippen molar-refractivity contribution in [2.24, 2.45) is 7.05 Å². The summed E-state index contributed by atoms with van der Waals surface area (Å²) in [7, 11) is 1.80. The number of nitrogens with two attached hydrogens (primary N) is 1. The molecule has 5 aromatic heterocycles. The second-order valence-electron chi connectivity index (χ2n) is 9.86. The smallest absolute Gasteiger partial charge is 0.272 e. The highest BCUT2D eigenvalue weighted by Crippen LogP contribution is 2.36. The molecule has 0 spiro atoms. The predicted octanol–water partition coefficient (Wildman–Crippen LogP) is 4.65. The van der Waals surface area contributed by atoms with Gasteiger partial charge in [-0.2, -0.15) is 5.10 Å². The molecule has 198 valence electrons. The highest BCUT2D eigenvalue weighted by molar-refractivity contribution is 7.13. The monoisotopic (exact) mass is 547 g/mol. The zero-order chi connectivity index (χ0) is 27.4. The van der Waals surface area contributed by atoms with Gasteiger partial charge < -0.3 is 11.1 Å². The molecule has 1 aromatic carbocycles. The minimum Gasteiger partial charge on any atom is -0.383 e. The van der Waals surface area contributed by atoms with Crippen LogP contribution in [0.5, 0.6) is 0 Å². The van der Waals surface area contributed by atoms with E-state index in [1.54, 1.807) is 41.5 Å². The fourth-order valence-electron chi connectivity index (χ4n) is 5.24. The molecule has 0 fully saturated rings. The lowest BCUT2D eigenvalue weighted by molar-refractivity contribution is 0.0931. The van der Waals surface area contributed by atoms with E-state index in [1.165, 1.54) is 5.56 Å². The molecule has 0 saturated carbocycles. The molecule has 0 radical (unpaired) electrons. The van der Waals surface area contributed by atoms with Gasteiger partial charge in [-0.1, -0.05) is 6.07 Å². The third-order valence-electron chi connectivity index (χ3n) is 7.14. The number of hydrogen-bond donors (Lipinski definition) is 2. The number of amides is 1. The maximum atomic E-state index is 12.8. The molecule has 0 unspecified atom stereocenters. The highest BCUT2D eigenvalue weighted by Gasteiger charge is 2.27. The first-order valence-electron chi connectivity index (χ1n) is 12.9. The van der Waals surface area contributed by atoms with Crippen LogP contribution in [0, 0.1) is 6.92 Å². The number of hydrogen-bond acceptors (Lipinski definition) is 8. The number of anilines is 1. The summed E-state index contributed by atoms with van der Waals surface area (Å²) in [6, 6.07) is 15.6. The third-order valence-corrected chi connectivity index (χ3v) is 8.12. The topological polar surface area (TPSA) is 129 Å². The van der Waals surface area contributed by atoms with E-state index in [4.69, 9.17) is 15.7 Å². The Labute approximate surface area is 233 Å². The lowest BCUT2D eigenvalue weighted by Crippen LogP contribution is -2.27. The molecule has 1 atom stereocenters. The number of thiazole rings is 1. The van der Waals surface area contributed by atoms with Gasteiger partial charge in [-0.15, -0.1) is 11.3 Å². The Morgan fingerprint density at radius 2 is 2.02 bits per heavy atom. The summed E-state index contributed by atoms with van der Waals surface area (Å²) in [5.41, 5.74) is 13.8. The fraction of sp³-hybridized carbons (Fsp3) is 0.172. The Hall–Kier alpha value is -4.90. The first kappa shape index (κ1) is 24.2. The summed E-state index contributed by atoms with van der Waals surface area (Å²) in [5, 5.41) is 10.2. The quantitative estimate of drug-likeness (QED) is 0.321. The molecule has 3 N–H and O–H groups in total. The van der Waals surface area contributed by atoms with Crippen molar-refractivity contribution in [1.82, 2.24) is 39.6 Å². The number of rotatable bonds is 5. The third kappa shape index (κ3) is 4.11. The summed E-state index contributed by atoms with van der Waals surface area (Å²) in [6.45, 7) is 1.97. The molecule has 1 aliphatic carbocycles. The average molecular weight is 548 g/mol. The number of nitrogen functional groups attached to an aromatic ring is 1. The fourth-order valence-corrected chi connectivity index (χ4v) is 6.01. The van der Waals surface area contributed by atoms with Crippen molar-refractivity contribution in [1.29, 1.82) is 0 Å². The van der Waals surface area contributed by atoms with Crippen LogP contribution in [0.25, 0.3) is 38.9 Å². The van der Waals surface area contributed by atoms with E-state index in [0.717, 1.165) is 51.6 Å². The van der Waals surface area contributed by atoms with Crippen LogP contribution in [0.2, 0.25) is 0 Å². The molecule has 0 bridgehead atoms. The second kappa shape index (κ2) is 9.38. The van der Waals surface area contributed by atoms with Crippen molar-refractivity contribution >= 4 is 34.2 Å². The number of nitrogens with one attached hydrogen (secondary N) is 1. The van der Waals surface area contributed by atoms with Crippen LogP contribution in [0.1, 0.15) is 39.8 Å². The average Bonchev–Trinajstić information content (AvgIpc) is 3.74. The zero-order valence-corrected chi connectivity index (χ0v) is 22.7. The molecular weight excluding hydrogens is 522 g/mol. The largest absolute Gasteiger partial charge is 0.383 e. The number of imidazole rings is 1. The second-order valence-corrected chi connectivity index (χ2v) is 10.7. The van der Waals surface area contributed by atoms with Gasteiger partial charge in [-0.3, -0.25) is 14.0 Å². The molecule has 10 nitrogen and oxygen atoms in total. The van der Waals surface area contributed by atoms with Crippen LogP contribution >= 0.6 is 11.3 Å². The van der Waals surface area contributed by atoms with Gasteiger partial charge in [0.05, 0.1) is 11.6 Å². The SMILES string of the molecule is Cc1csc(-c2ccc3nc(-c4cccnc4N)n(-c4ccc5c(c4)CC[C@@H]5NC(=O)c4ccn(C)n4)c3n2)n1. The lowest BCUT2D eigenvalue weighted by Gasteiger charge is -2.15. The number of fused-ring (bicyclic) bond motifs is 2. The van der Waals surface area contributed by atoms with Gasteiger partial charge in [-0.05, 0) is 73.4 Å². The van der Waals surface area contributed by atoms with Gasteiger partial charge in [0.1, 0.15) is 27.7 Å². The van der Waals surface area contributed by atoms with Crippen LogP contribution in [0.4, 0.5) is 5.82 Å². The molecule has 6 aromatic rings. The van der Waals surface area contributed by atoms with E-state index in [2.05, 4.69) is 32.5 Å². The minimum absolute atomic E-state index is 0.0793. The number of aromatic nitrogens is 7. The molecule has 40 heavy (non-hydrogen) atoms. The number of nitrogens with zero attached hydrogens (tertiary/aromatic N) is 7. The predicted molar refractivity (Wildman–Crippen MR) is 154 cm³/mol.